The molecule has 1 amide bonds. The Bertz CT molecular complexity index is 1270. The van der Waals surface area contributed by atoms with Gasteiger partial charge in [-0.05, 0) is 53.9 Å². The van der Waals surface area contributed by atoms with Gasteiger partial charge in [-0.1, -0.05) is 44.2 Å². The Balaban J connectivity index is 1.86. The summed E-state index contributed by atoms with van der Waals surface area (Å²) in [4.78, 5) is 27.3. The molecule has 34 heavy (non-hydrogen) atoms. The van der Waals surface area contributed by atoms with Gasteiger partial charge in [0.2, 0.25) is 0 Å². The molecule has 1 aliphatic rings. The quantitative estimate of drug-likeness (QED) is 0.293. The highest BCUT2D eigenvalue weighted by Gasteiger charge is 2.47. The van der Waals surface area contributed by atoms with Gasteiger partial charge >= 0.3 is 0 Å². The number of carbonyl (C=O) groups is 2. The molecule has 1 saturated heterocycles. The number of rotatable bonds is 6. The molecule has 0 aromatic heterocycles. The number of halogens is 2. The number of anilines is 1. The second-order valence-corrected chi connectivity index (χ2v) is 8.43. The van der Waals surface area contributed by atoms with Crippen LogP contribution in [0.15, 0.2) is 78.4 Å². The number of ketones is 1. The van der Waals surface area contributed by atoms with Crippen LogP contribution in [0.25, 0.3) is 5.76 Å². The molecule has 0 saturated carbocycles. The van der Waals surface area contributed by atoms with E-state index in [1.54, 1.807) is 24.3 Å². The lowest BCUT2D eigenvalue weighted by molar-refractivity contribution is -0.132. The number of amides is 1. The summed E-state index contributed by atoms with van der Waals surface area (Å²) in [6.07, 6.45) is 0. The van der Waals surface area contributed by atoms with Gasteiger partial charge in [-0.25, -0.2) is 8.78 Å². The lowest BCUT2D eigenvalue weighted by Crippen LogP contribution is -2.29. The van der Waals surface area contributed by atoms with Crippen molar-refractivity contribution in [3.8, 4) is 5.75 Å². The minimum absolute atomic E-state index is 0.143. The third-order valence-electron chi connectivity index (χ3n) is 5.41. The van der Waals surface area contributed by atoms with Crippen molar-refractivity contribution in [1.29, 1.82) is 0 Å². The van der Waals surface area contributed by atoms with Gasteiger partial charge in [0.05, 0.1) is 18.2 Å². The summed E-state index contributed by atoms with van der Waals surface area (Å²) in [7, 11) is 0. The SMILES string of the molecule is CC(C)COc1cccc(/C(O)=C2\C(=O)C(=O)N(c3cccc(F)c3)C2c2ccc(F)cc2)c1. The lowest BCUT2D eigenvalue weighted by atomic mass is 9.95. The zero-order chi connectivity index (χ0) is 24.4. The minimum atomic E-state index is -1.08. The summed E-state index contributed by atoms with van der Waals surface area (Å²) < 4.78 is 33.3. The smallest absolute Gasteiger partial charge is 0.300 e. The topological polar surface area (TPSA) is 66.8 Å². The number of hydrogen-bond acceptors (Lipinski definition) is 4. The number of nitrogens with zero attached hydrogens (tertiary/aromatic N) is 1. The Labute approximate surface area is 195 Å². The summed E-state index contributed by atoms with van der Waals surface area (Å²) in [6.45, 7) is 4.46. The molecule has 7 heteroatoms. The van der Waals surface area contributed by atoms with Gasteiger partial charge in [0.25, 0.3) is 11.7 Å². The van der Waals surface area contributed by atoms with Crippen LogP contribution in [0.5, 0.6) is 5.75 Å². The number of aliphatic hydroxyl groups excluding tert-OH is 1. The molecule has 1 unspecified atom stereocenters. The lowest BCUT2D eigenvalue weighted by Gasteiger charge is -2.25. The first-order chi connectivity index (χ1) is 16.3. The highest BCUT2D eigenvalue weighted by atomic mass is 19.1. The predicted molar refractivity (Wildman–Crippen MR) is 124 cm³/mol. The molecule has 1 aliphatic heterocycles. The Morgan fingerprint density at radius 1 is 0.971 bits per heavy atom. The van der Waals surface area contributed by atoms with Gasteiger partial charge < -0.3 is 9.84 Å². The first-order valence-corrected chi connectivity index (χ1v) is 10.8. The molecular weight excluding hydrogens is 440 g/mol. The molecule has 1 fully saturated rings. The summed E-state index contributed by atoms with van der Waals surface area (Å²) in [5.41, 5.74) is 0.635. The van der Waals surface area contributed by atoms with E-state index in [1.165, 1.54) is 42.5 Å². The van der Waals surface area contributed by atoms with Crippen LogP contribution in [-0.4, -0.2) is 23.4 Å². The number of benzene rings is 3. The van der Waals surface area contributed by atoms with E-state index >= 15 is 0 Å². The fourth-order valence-electron chi connectivity index (χ4n) is 3.84. The summed E-state index contributed by atoms with van der Waals surface area (Å²) >= 11 is 0. The summed E-state index contributed by atoms with van der Waals surface area (Å²) in [5.74, 6) is -2.56. The van der Waals surface area contributed by atoms with E-state index in [0.29, 0.717) is 17.9 Å². The van der Waals surface area contributed by atoms with Gasteiger partial charge in [-0.15, -0.1) is 0 Å². The number of aliphatic hydroxyl groups is 1. The van der Waals surface area contributed by atoms with E-state index in [-0.39, 0.29) is 22.7 Å². The van der Waals surface area contributed by atoms with E-state index in [4.69, 9.17) is 4.74 Å². The van der Waals surface area contributed by atoms with Crippen molar-refractivity contribution in [1.82, 2.24) is 0 Å². The summed E-state index contributed by atoms with van der Waals surface area (Å²) in [5, 5.41) is 11.2. The van der Waals surface area contributed by atoms with Gasteiger partial charge in [-0.3, -0.25) is 14.5 Å². The normalized spacial score (nSPS) is 17.4. The van der Waals surface area contributed by atoms with Gasteiger partial charge in [0.1, 0.15) is 23.1 Å². The molecule has 3 aromatic carbocycles. The van der Waals surface area contributed by atoms with Crippen LogP contribution in [0.3, 0.4) is 0 Å². The zero-order valence-corrected chi connectivity index (χ0v) is 18.7. The largest absolute Gasteiger partial charge is 0.507 e. The van der Waals surface area contributed by atoms with Crippen molar-refractivity contribution in [2.24, 2.45) is 5.92 Å². The molecule has 5 nitrogen and oxygen atoms in total. The molecule has 4 rings (SSSR count). The molecule has 1 N–H and O–H groups in total. The highest BCUT2D eigenvalue weighted by Crippen LogP contribution is 2.42. The maximum Gasteiger partial charge on any atom is 0.300 e. The average molecular weight is 463 g/mol. The van der Waals surface area contributed by atoms with Crippen molar-refractivity contribution in [3.63, 3.8) is 0 Å². The molecule has 1 heterocycles. The number of hydrogen-bond donors (Lipinski definition) is 1. The molecule has 0 spiro atoms. The average Bonchev–Trinajstić information content (AvgIpc) is 3.08. The Morgan fingerprint density at radius 2 is 1.68 bits per heavy atom. The van der Waals surface area contributed by atoms with Crippen molar-refractivity contribution in [3.05, 3.63) is 101 Å². The van der Waals surface area contributed by atoms with Crippen LogP contribution in [0.4, 0.5) is 14.5 Å². The van der Waals surface area contributed by atoms with Crippen molar-refractivity contribution >= 4 is 23.1 Å². The molecule has 0 bridgehead atoms. The first-order valence-electron chi connectivity index (χ1n) is 10.8. The molecule has 0 radical (unpaired) electrons. The van der Waals surface area contributed by atoms with Crippen LogP contribution in [-0.2, 0) is 9.59 Å². The summed E-state index contributed by atoms with van der Waals surface area (Å²) in [6, 6.07) is 16.0. The maximum absolute atomic E-state index is 14.0. The van der Waals surface area contributed by atoms with Crippen molar-refractivity contribution in [2.75, 3.05) is 11.5 Å². The van der Waals surface area contributed by atoms with Gasteiger partial charge in [-0.2, -0.15) is 0 Å². The fraction of sp³-hybridized carbons (Fsp3) is 0.185. The van der Waals surface area contributed by atoms with Crippen molar-refractivity contribution < 1.29 is 28.2 Å². The van der Waals surface area contributed by atoms with E-state index in [2.05, 4.69) is 0 Å². The molecular formula is C27H23F2NO4. The van der Waals surface area contributed by atoms with Crippen molar-refractivity contribution in [2.45, 2.75) is 19.9 Å². The first kappa shape index (κ1) is 23.2. The predicted octanol–water partition coefficient (Wildman–Crippen LogP) is 5.63. The van der Waals surface area contributed by atoms with E-state index < -0.39 is 35.1 Å². The minimum Gasteiger partial charge on any atom is -0.507 e. The van der Waals surface area contributed by atoms with E-state index in [0.717, 1.165) is 11.0 Å². The van der Waals surface area contributed by atoms with E-state index in [9.17, 15) is 23.5 Å². The van der Waals surface area contributed by atoms with E-state index in [1.807, 2.05) is 13.8 Å². The third kappa shape index (κ3) is 4.55. The number of Topliss-reactive ketones (excluding diaryl/α,β-unsaturated/α-hetero) is 1. The zero-order valence-electron chi connectivity index (χ0n) is 18.7. The standard InChI is InChI=1S/C27H23F2NO4/c1-16(2)15-34-22-8-3-5-18(13-22)25(31)23-24(17-9-11-19(28)12-10-17)30(27(33)26(23)32)21-7-4-6-20(29)14-21/h3-14,16,24,31H,15H2,1-2H3/b25-23+. The van der Waals surface area contributed by atoms with Crippen LogP contribution < -0.4 is 9.64 Å². The maximum atomic E-state index is 14.0. The monoisotopic (exact) mass is 463 g/mol. The van der Waals surface area contributed by atoms with Crippen LogP contribution >= 0.6 is 0 Å². The van der Waals surface area contributed by atoms with Crippen LogP contribution in [0, 0.1) is 17.6 Å². The number of carbonyl (C=O) groups excluding carboxylic acids is 2. The third-order valence-corrected chi connectivity index (χ3v) is 5.41. The fourth-order valence-corrected chi connectivity index (χ4v) is 3.84. The second-order valence-electron chi connectivity index (χ2n) is 8.43. The second kappa shape index (κ2) is 9.47. The number of ether oxygens (including phenoxy) is 1. The molecule has 0 aliphatic carbocycles. The highest BCUT2D eigenvalue weighted by molar-refractivity contribution is 6.51. The molecule has 3 aromatic rings. The van der Waals surface area contributed by atoms with Gasteiger partial charge in [0, 0.05) is 11.3 Å². The van der Waals surface area contributed by atoms with Crippen LogP contribution in [0.2, 0.25) is 0 Å². The molecule has 174 valence electrons. The van der Waals surface area contributed by atoms with Crippen LogP contribution in [0.1, 0.15) is 31.0 Å². The van der Waals surface area contributed by atoms with Gasteiger partial charge in [0.15, 0.2) is 0 Å². The molecule has 1 atom stereocenters. The Morgan fingerprint density at radius 3 is 2.35 bits per heavy atom. The Hall–Kier alpha value is -4.00. The Kier molecular flexibility index (Phi) is 6.45.